The first-order valence-electron chi connectivity index (χ1n) is 6.18. The summed E-state index contributed by atoms with van der Waals surface area (Å²) in [6.45, 7) is 0. The van der Waals surface area contributed by atoms with E-state index >= 15 is 0 Å². The topological polar surface area (TPSA) is 51.2 Å². The zero-order chi connectivity index (χ0) is 14.8. The van der Waals surface area contributed by atoms with E-state index in [0.717, 1.165) is 4.70 Å². The quantitative estimate of drug-likeness (QED) is 0.802. The SMILES string of the molecule is COc1cccc2sc(NC(=O)c3ccccc3F)nc12. The van der Waals surface area contributed by atoms with Crippen LogP contribution >= 0.6 is 11.3 Å². The number of thiazole rings is 1. The fourth-order valence-corrected chi connectivity index (χ4v) is 2.83. The molecule has 0 unspecified atom stereocenters. The van der Waals surface area contributed by atoms with Crippen LogP contribution in [0.5, 0.6) is 5.75 Å². The number of rotatable bonds is 3. The van der Waals surface area contributed by atoms with Gasteiger partial charge in [-0.3, -0.25) is 10.1 Å². The number of hydrogen-bond donors (Lipinski definition) is 1. The highest BCUT2D eigenvalue weighted by molar-refractivity contribution is 7.22. The van der Waals surface area contributed by atoms with Crippen LogP contribution in [0.1, 0.15) is 10.4 Å². The van der Waals surface area contributed by atoms with Crippen molar-refractivity contribution in [2.24, 2.45) is 0 Å². The van der Waals surface area contributed by atoms with Gasteiger partial charge >= 0.3 is 0 Å². The first-order chi connectivity index (χ1) is 10.2. The molecule has 0 bridgehead atoms. The van der Waals surface area contributed by atoms with Gasteiger partial charge in [0.25, 0.3) is 5.91 Å². The summed E-state index contributed by atoms with van der Waals surface area (Å²) in [6.07, 6.45) is 0. The van der Waals surface area contributed by atoms with Crippen molar-refractivity contribution in [3.8, 4) is 5.75 Å². The number of nitrogens with zero attached hydrogens (tertiary/aromatic N) is 1. The van der Waals surface area contributed by atoms with E-state index in [1.165, 1.54) is 29.5 Å². The van der Waals surface area contributed by atoms with Crippen molar-refractivity contribution < 1.29 is 13.9 Å². The highest BCUT2D eigenvalue weighted by Crippen LogP contribution is 2.32. The average molecular weight is 302 g/mol. The molecule has 0 aliphatic rings. The zero-order valence-electron chi connectivity index (χ0n) is 11.1. The van der Waals surface area contributed by atoms with E-state index in [0.29, 0.717) is 16.4 Å². The summed E-state index contributed by atoms with van der Waals surface area (Å²) in [7, 11) is 1.56. The van der Waals surface area contributed by atoms with Crippen LogP contribution < -0.4 is 10.1 Å². The number of amides is 1. The molecule has 1 aromatic heterocycles. The number of methoxy groups -OCH3 is 1. The number of carbonyl (C=O) groups excluding carboxylic acids is 1. The predicted molar refractivity (Wildman–Crippen MR) is 80.5 cm³/mol. The standard InChI is InChI=1S/C15H11FN2O2S/c1-20-11-7-4-8-12-13(11)17-15(21-12)18-14(19)9-5-2-3-6-10(9)16/h2-8H,1H3,(H,17,18,19). The third-order valence-electron chi connectivity index (χ3n) is 2.94. The van der Waals surface area contributed by atoms with Crippen LogP contribution in [0, 0.1) is 5.82 Å². The Kier molecular flexibility index (Phi) is 3.53. The van der Waals surface area contributed by atoms with Gasteiger partial charge in [-0.25, -0.2) is 9.37 Å². The first kappa shape index (κ1) is 13.5. The number of hydrogen-bond acceptors (Lipinski definition) is 4. The van der Waals surface area contributed by atoms with E-state index in [-0.39, 0.29) is 5.56 Å². The molecule has 4 nitrogen and oxygen atoms in total. The Morgan fingerprint density at radius 1 is 1.24 bits per heavy atom. The first-order valence-corrected chi connectivity index (χ1v) is 7.00. The molecule has 3 aromatic rings. The summed E-state index contributed by atoms with van der Waals surface area (Å²) in [4.78, 5) is 16.4. The Bertz CT molecular complexity index is 816. The molecule has 0 spiro atoms. The van der Waals surface area contributed by atoms with E-state index in [2.05, 4.69) is 10.3 Å². The molecule has 0 radical (unpaired) electrons. The Balaban J connectivity index is 1.92. The van der Waals surface area contributed by atoms with E-state index in [9.17, 15) is 9.18 Å². The number of aromatic nitrogens is 1. The Morgan fingerprint density at radius 2 is 2.05 bits per heavy atom. The number of fused-ring (bicyclic) bond motifs is 1. The van der Waals surface area contributed by atoms with Crippen LogP contribution in [-0.4, -0.2) is 18.0 Å². The van der Waals surface area contributed by atoms with E-state index in [1.54, 1.807) is 19.2 Å². The van der Waals surface area contributed by atoms with Gasteiger partial charge in [0.1, 0.15) is 17.1 Å². The predicted octanol–water partition coefficient (Wildman–Crippen LogP) is 3.70. The minimum absolute atomic E-state index is 0.0104. The van der Waals surface area contributed by atoms with Crippen LogP contribution in [0.15, 0.2) is 42.5 Å². The summed E-state index contributed by atoms with van der Waals surface area (Å²) in [5.41, 5.74) is 0.664. The highest BCUT2D eigenvalue weighted by atomic mass is 32.1. The van der Waals surface area contributed by atoms with Gasteiger partial charge in [0.15, 0.2) is 5.13 Å². The van der Waals surface area contributed by atoms with Gasteiger partial charge in [0, 0.05) is 0 Å². The van der Waals surface area contributed by atoms with Crippen LogP contribution in [0.25, 0.3) is 10.2 Å². The molecule has 0 atom stereocenters. The molecule has 0 fully saturated rings. The molecule has 1 heterocycles. The van der Waals surface area contributed by atoms with Crippen molar-refractivity contribution in [2.75, 3.05) is 12.4 Å². The van der Waals surface area contributed by atoms with E-state index in [4.69, 9.17) is 4.74 Å². The zero-order valence-corrected chi connectivity index (χ0v) is 11.9. The summed E-state index contributed by atoms with van der Waals surface area (Å²) in [5, 5.41) is 3.02. The lowest BCUT2D eigenvalue weighted by molar-refractivity contribution is 0.102. The minimum atomic E-state index is -0.561. The Hall–Kier alpha value is -2.47. The fraction of sp³-hybridized carbons (Fsp3) is 0.0667. The molecule has 2 aromatic carbocycles. The molecule has 0 aliphatic carbocycles. The third kappa shape index (κ3) is 2.57. The van der Waals surface area contributed by atoms with Crippen molar-refractivity contribution >= 4 is 32.6 Å². The maximum Gasteiger partial charge on any atom is 0.260 e. The van der Waals surface area contributed by atoms with Crippen molar-refractivity contribution in [1.29, 1.82) is 0 Å². The molecule has 0 aliphatic heterocycles. The smallest absolute Gasteiger partial charge is 0.260 e. The van der Waals surface area contributed by atoms with E-state index in [1.807, 2.05) is 12.1 Å². The third-order valence-corrected chi connectivity index (χ3v) is 3.88. The largest absolute Gasteiger partial charge is 0.494 e. The van der Waals surface area contributed by atoms with Gasteiger partial charge in [0.2, 0.25) is 0 Å². The minimum Gasteiger partial charge on any atom is -0.494 e. The second kappa shape index (κ2) is 5.49. The molecule has 6 heteroatoms. The molecule has 0 saturated carbocycles. The van der Waals surface area contributed by atoms with Gasteiger partial charge < -0.3 is 4.74 Å². The molecule has 1 N–H and O–H groups in total. The van der Waals surface area contributed by atoms with Gasteiger partial charge in [-0.05, 0) is 24.3 Å². The number of halogens is 1. The van der Waals surface area contributed by atoms with Crippen LogP contribution in [0.4, 0.5) is 9.52 Å². The number of para-hydroxylation sites is 1. The van der Waals surface area contributed by atoms with Crippen molar-refractivity contribution in [1.82, 2.24) is 4.98 Å². The van der Waals surface area contributed by atoms with Crippen molar-refractivity contribution in [3.63, 3.8) is 0 Å². The van der Waals surface area contributed by atoms with Gasteiger partial charge in [0.05, 0.1) is 17.4 Å². The normalized spacial score (nSPS) is 10.6. The van der Waals surface area contributed by atoms with Crippen molar-refractivity contribution in [3.05, 3.63) is 53.8 Å². The van der Waals surface area contributed by atoms with Crippen molar-refractivity contribution in [2.45, 2.75) is 0 Å². The summed E-state index contributed by atoms with van der Waals surface area (Å²) < 4.78 is 19.7. The Labute approximate surface area is 124 Å². The second-order valence-corrected chi connectivity index (χ2v) is 5.29. The molecule has 3 rings (SSSR count). The van der Waals surface area contributed by atoms with Crippen LogP contribution in [-0.2, 0) is 0 Å². The number of ether oxygens (including phenoxy) is 1. The lowest BCUT2D eigenvalue weighted by atomic mass is 10.2. The molecule has 1 amide bonds. The van der Waals surface area contributed by atoms with Gasteiger partial charge in [-0.1, -0.05) is 29.5 Å². The monoisotopic (exact) mass is 302 g/mol. The number of nitrogens with one attached hydrogen (secondary N) is 1. The molecule has 106 valence electrons. The maximum absolute atomic E-state index is 13.6. The summed E-state index contributed by atoms with van der Waals surface area (Å²) >= 11 is 1.31. The molecular formula is C15H11FN2O2S. The summed E-state index contributed by atoms with van der Waals surface area (Å²) in [6, 6.07) is 11.4. The second-order valence-electron chi connectivity index (χ2n) is 4.26. The molecule has 21 heavy (non-hydrogen) atoms. The highest BCUT2D eigenvalue weighted by Gasteiger charge is 2.14. The number of benzene rings is 2. The summed E-state index contributed by atoms with van der Waals surface area (Å²) in [5.74, 6) is -0.449. The number of anilines is 1. The van der Waals surface area contributed by atoms with E-state index < -0.39 is 11.7 Å². The van der Waals surface area contributed by atoms with Crippen LogP contribution in [0.3, 0.4) is 0 Å². The molecule has 0 saturated heterocycles. The van der Waals surface area contributed by atoms with Gasteiger partial charge in [-0.15, -0.1) is 0 Å². The molecular weight excluding hydrogens is 291 g/mol. The lowest BCUT2D eigenvalue weighted by Gasteiger charge is -2.02. The maximum atomic E-state index is 13.6. The average Bonchev–Trinajstić information content (AvgIpc) is 2.89. The van der Waals surface area contributed by atoms with Crippen LogP contribution in [0.2, 0.25) is 0 Å². The van der Waals surface area contributed by atoms with Gasteiger partial charge in [-0.2, -0.15) is 0 Å². The fourth-order valence-electron chi connectivity index (χ4n) is 1.95. The Morgan fingerprint density at radius 3 is 2.81 bits per heavy atom. The number of carbonyl (C=O) groups is 1. The lowest BCUT2D eigenvalue weighted by Crippen LogP contribution is -2.13.